The number of aromatic nitrogens is 3. The Kier molecular flexibility index (Phi) is 6.29. The summed E-state index contributed by atoms with van der Waals surface area (Å²) >= 11 is 1.40. The normalized spacial score (nSPS) is 12.0. The molecule has 0 bridgehead atoms. The van der Waals surface area contributed by atoms with Gasteiger partial charge in [0.25, 0.3) is 0 Å². The molecule has 0 aliphatic rings. The largest absolute Gasteiger partial charge is 0.353 e. The van der Waals surface area contributed by atoms with E-state index in [0.29, 0.717) is 10.9 Å². The zero-order valence-electron chi connectivity index (χ0n) is 15.8. The lowest BCUT2D eigenvalue weighted by atomic mass is 10.1. The molecule has 1 heterocycles. The number of hydrogen-bond donors (Lipinski definition) is 1. The van der Waals surface area contributed by atoms with Crippen LogP contribution in [0.2, 0.25) is 0 Å². The van der Waals surface area contributed by atoms with Crippen LogP contribution in [0.5, 0.6) is 0 Å². The first kappa shape index (κ1) is 19.2. The SMILES string of the molecule is CC[C@H](C)NC(=O)CSc1nnc(-c2ccc(C)cc2)n1-c1ccccc1. The van der Waals surface area contributed by atoms with E-state index in [9.17, 15) is 4.79 Å². The first-order valence-electron chi connectivity index (χ1n) is 9.08. The summed E-state index contributed by atoms with van der Waals surface area (Å²) in [6.45, 7) is 6.12. The number of carbonyl (C=O) groups excluding carboxylic acids is 1. The highest BCUT2D eigenvalue weighted by molar-refractivity contribution is 7.99. The maximum absolute atomic E-state index is 12.2. The molecule has 0 unspecified atom stereocenters. The molecule has 5 nitrogen and oxygen atoms in total. The van der Waals surface area contributed by atoms with Crippen molar-refractivity contribution in [3.8, 4) is 17.1 Å². The van der Waals surface area contributed by atoms with Crippen LogP contribution >= 0.6 is 11.8 Å². The van der Waals surface area contributed by atoms with E-state index in [1.807, 2.05) is 54.0 Å². The van der Waals surface area contributed by atoms with Gasteiger partial charge in [-0.25, -0.2) is 0 Å². The lowest BCUT2D eigenvalue weighted by Gasteiger charge is -2.12. The summed E-state index contributed by atoms with van der Waals surface area (Å²) in [4.78, 5) is 12.2. The first-order valence-corrected chi connectivity index (χ1v) is 10.1. The number of amides is 1. The van der Waals surface area contributed by atoms with Crippen LogP contribution < -0.4 is 5.32 Å². The molecular formula is C21H24N4OS. The molecule has 0 radical (unpaired) electrons. The van der Waals surface area contributed by atoms with Gasteiger partial charge in [0.2, 0.25) is 5.91 Å². The lowest BCUT2D eigenvalue weighted by molar-refractivity contribution is -0.119. The Morgan fingerprint density at radius 2 is 1.81 bits per heavy atom. The van der Waals surface area contributed by atoms with Crippen LogP contribution in [0.1, 0.15) is 25.8 Å². The molecule has 1 N–H and O–H groups in total. The molecule has 0 saturated heterocycles. The molecule has 0 saturated carbocycles. The van der Waals surface area contributed by atoms with E-state index in [1.54, 1.807) is 0 Å². The van der Waals surface area contributed by atoms with Crippen molar-refractivity contribution in [2.45, 2.75) is 38.4 Å². The van der Waals surface area contributed by atoms with Gasteiger partial charge in [0.1, 0.15) is 0 Å². The summed E-state index contributed by atoms with van der Waals surface area (Å²) in [5, 5.41) is 12.5. The summed E-state index contributed by atoms with van der Waals surface area (Å²) in [6, 6.07) is 18.4. The predicted octanol–water partition coefficient (Wildman–Crippen LogP) is 4.25. The quantitative estimate of drug-likeness (QED) is 0.623. The fourth-order valence-corrected chi connectivity index (χ4v) is 3.37. The Hall–Kier alpha value is -2.60. The van der Waals surface area contributed by atoms with Gasteiger partial charge >= 0.3 is 0 Å². The maximum Gasteiger partial charge on any atom is 0.230 e. The smallest absolute Gasteiger partial charge is 0.230 e. The number of benzene rings is 2. The second kappa shape index (κ2) is 8.86. The molecule has 1 atom stereocenters. The third kappa shape index (κ3) is 4.77. The third-order valence-electron chi connectivity index (χ3n) is 4.31. The molecule has 0 fully saturated rings. The monoisotopic (exact) mass is 380 g/mol. The van der Waals surface area contributed by atoms with Crippen LogP contribution in [-0.2, 0) is 4.79 Å². The van der Waals surface area contributed by atoms with E-state index in [2.05, 4.69) is 41.5 Å². The second-order valence-electron chi connectivity index (χ2n) is 6.51. The van der Waals surface area contributed by atoms with Crippen LogP contribution in [-0.4, -0.2) is 32.5 Å². The van der Waals surface area contributed by atoms with Gasteiger partial charge in [-0.3, -0.25) is 9.36 Å². The Morgan fingerprint density at radius 1 is 1.11 bits per heavy atom. The predicted molar refractivity (Wildman–Crippen MR) is 110 cm³/mol. The summed E-state index contributed by atoms with van der Waals surface area (Å²) in [5.74, 6) is 1.09. The number of hydrogen-bond acceptors (Lipinski definition) is 4. The van der Waals surface area contributed by atoms with Gasteiger partial charge < -0.3 is 5.32 Å². The highest BCUT2D eigenvalue weighted by atomic mass is 32.2. The summed E-state index contributed by atoms with van der Waals surface area (Å²) in [6.07, 6.45) is 0.911. The summed E-state index contributed by atoms with van der Waals surface area (Å²) < 4.78 is 2.01. The first-order chi connectivity index (χ1) is 13.1. The van der Waals surface area contributed by atoms with Crippen LogP contribution in [0.15, 0.2) is 59.8 Å². The third-order valence-corrected chi connectivity index (χ3v) is 5.24. The fraction of sp³-hybridized carbons (Fsp3) is 0.286. The molecule has 3 rings (SSSR count). The Labute approximate surface area is 164 Å². The molecule has 6 heteroatoms. The molecule has 0 spiro atoms. The molecule has 140 valence electrons. The number of nitrogens with zero attached hydrogens (tertiary/aromatic N) is 3. The number of carbonyl (C=O) groups is 1. The topological polar surface area (TPSA) is 59.8 Å². The van der Waals surface area contributed by atoms with Crippen LogP contribution in [0.4, 0.5) is 0 Å². The van der Waals surface area contributed by atoms with Gasteiger partial charge in [-0.1, -0.05) is 66.7 Å². The molecule has 1 aromatic heterocycles. The van der Waals surface area contributed by atoms with E-state index in [0.717, 1.165) is 23.5 Å². The Balaban J connectivity index is 1.90. The standard InChI is InChI=1S/C21H24N4OS/c1-4-16(3)22-19(26)14-27-21-24-23-20(17-12-10-15(2)11-13-17)25(21)18-8-6-5-7-9-18/h5-13,16H,4,14H2,1-3H3,(H,22,26)/t16-/m0/s1. The van der Waals surface area contributed by atoms with E-state index < -0.39 is 0 Å². The van der Waals surface area contributed by atoms with Gasteiger partial charge in [-0.2, -0.15) is 0 Å². The van der Waals surface area contributed by atoms with Gasteiger partial charge in [0.05, 0.1) is 5.75 Å². The maximum atomic E-state index is 12.2. The van der Waals surface area contributed by atoms with Crippen molar-refractivity contribution in [1.82, 2.24) is 20.1 Å². The highest BCUT2D eigenvalue weighted by Gasteiger charge is 2.17. The molecule has 2 aromatic carbocycles. The number of aryl methyl sites for hydroxylation is 1. The van der Waals surface area contributed by atoms with Crippen molar-refractivity contribution in [1.29, 1.82) is 0 Å². The van der Waals surface area contributed by atoms with Gasteiger partial charge in [0.15, 0.2) is 11.0 Å². The van der Waals surface area contributed by atoms with E-state index in [4.69, 9.17) is 0 Å². The minimum atomic E-state index is 0.00819. The molecule has 1 amide bonds. The van der Waals surface area contributed by atoms with Crippen molar-refractivity contribution in [3.63, 3.8) is 0 Å². The average Bonchev–Trinajstić information content (AvgIpc) is 3.11. The molecule has 0 aliphatic heterocycles. The fourth-order valence-electron chi connectivity index (χ4n) is 2.61. The highest BCUT2D eigenvalue weighted by Crippen LogP contribution is 2.28. The van der Waals surface area contributed by atoms with E-state index in [1.165, 1.54) is 17.3 Å². The van der Waals surface area contributed by atoms with Crippen molar-refractivity contribution < 1.29 is 4.79 Å². The Morgan fingerprint density at radius 3 is 2.48 bits per heavy atom. The summed E-state index contributed by atoms with van der Waals surface area (Å²) in [5.41, 5.74) is 3.16. The van der Waals surface area contributed by atoms with Gasteiger partial charge in [-0.15, -0.1) is 10.2 Å². The molecule has 3 aromatic rings. The second-order valence-corrected chi connectivity index (χ2v) is 7.45. The minimum absolute atomic E-state index is 0.00819. The summed E-state index contributed by atoms with van der Waals surface area (Å²) in [7, 11) is 0. The van der Waals surface area contributed by atoms with Crippen molar-refractivity contribution in [2.75, 3.05) is 5.75 Å². The Bertz CT molecular complexity index is 890. The van der Waals surface area contributed by atoms with E-state index >= 15 is 0 Å². The lowest BCUT2D eigenvalue weighted by Crippen LogP contribution is -2.33. The van der Waals surface area contributed by atoms with Crippen LogP contribution in [0.3, 0.4) is 0 Å². The molecule has 0 aliphatic carbocycles. The zero-order valence-corrected chi connectivity index (χ0v) is 16.7. The number of para-hydroxylation sites is 1. The van der Waals surface area contributed by atoms with Crippen LogP contribution in [0.25, 0.3) is 17.1 Å². The number of thioether (sulfide) groups is 1. The van der Waals surface area contributed by atoms with Crippen LogP contribution in [0, 0.1) is 6.92 Å². The molecule has 27 heavy (non-hydrogen) atoms. The van der Waals surface area contributed by atoms with Crippen molar-refractivity contribution in [2.24, 2.45) is 0 Å². The van der Waals surface area contributed by atoms with Crippen molar-refractivity contribution >= 4 is 17.7 Å². The van der Waals surface area contributed by atoms with Gasteiger partial charge in [-0.05, 0) is 32.4 Å². The van der Waals surface area contributed by atoms with Gasteiger partial charge in [0, 0.05) is 17.3 Å². The number of rotatable bonds is 7. The zero-order chi connectivity index (χ0) is 19.2. The number of nitrogens with one attached hydrogen (secondary N) is 1. The molecular weight excluding hydrogens is 356 g/mol. The van der Waals surface area contributed by atoms with E-state index in [-0.39, 0.29) is 11.9 Å². The average molecular weight is 381 g/mol. The minimum Gasteiger partial charge on any atom is -0.353 e. The van der Waals surface area contributed by atoms with Crippen molar-refractivity contribution in [3.05, 3.63) is 60.2 Å².